The maximum atomic E-state index is 13.3. The van der Waals surface area contributed by atoms with E-state index in [0.29, 0.717) is 23.4 Å². The number of nitrogens with one attached hydrogen (secondary N) is 2. The molecular weight excluding hydrogens is 397 g/mol. The minimum absolute atomic E-state index is 0.139. The Kier molecular flexibility index (Phi) is 6.71. The fourth-order valence-corrected chi connectivity index (χ4v) is 2.93. The molecule has 6 nitrogen and oxygen atoms in total. The topological polar surface area (TPSA) is 76.0 Å². The molecule has 152 valence electrons. The van der Waals surface area contributed by atoms with E-state index < -0.39 is 23.3 Å². The fraction of sp³-hybridized carbons (Fsp3) is 0.389. The summed E-state index contributed by atoms with van der Waals surface area (Å²) in [5.41, 5.74) is -1.16. The van der Waals surface area contributed by atoms with Crippen LogP contribution in [0.15, 0.2) is 18.2 Å². The van der Waals surface area contributed by atoms with Gasteiger partial charge in [-0.25, -0.2) is 0 Å². The number of rotatable bonds is 6. The molecule has 0 aliphatic heterocycles. The molecule has 0 radical (unpaired) electrons. The third kappa shape index (κ3) is 5.03. The zero-order valence-electron chi connectivity index (χ0n) is 15.6. The molecule has 2 rings (SSSR count). The van der Waals surface area contributed by atoms with Gasteiger partial charge in [0.05, 0.1) is 5.69 Å². The minimum Gasteiger partial charge on any atom is -0.352 e. The Labute approximate surface area is 165 Å². The summed E-state index contributed by atoms with van der Waals surface area (Å²) in [6.45, 7) is 3.21. The molecule has 0 bridgehead atoms. The van der Waals surface area contributed by atoms with Crippen LogP contribution in [0.5, 0.6) is 0 Å². The summed E-state index contributed by atoms with van der Waals surface area (Å²) in [7, 11) is 1.27. The Balaban J connectivity index is 2.24. The average Bonchev–Trinajstić information content (AvgIpc) is 2.90. The minimum atomic E-state index is -4.71. The molecule has 28 heavy (non-hydrogen) atoms. The number of alkyl halides is 3. The van der Waals surface area contributed by atoms with Crippen molar-refractivity contribution in [3.63, 3.8) is 0 Å². The maximum Gasteiger partial charge on any atom is 0.420 e. The van der Waals surface area contributed by atoms with Crippen molar-refractivity contribution in [3.05, 3.63) is 45.7 Å². The first-order chi connectivity index (χ1) is 13.0. The molecule has 2 amide bonds. The van der Waals surface area contributed by atoms with Crippen molar-refractivity contribution in [3.8, 4) is 0 Å². The van der Waals surface area contributed by atoms with Gasteiger partial charge < -0.3 is 10.6 Å². The van der Waals surface area contributed by atoms with Gasteiger partial charge in [0, 0.05) is 30.7 Å². The van der Waals surface area contributed by atoms with Crippen molar-refractivity contribution in [2.75, 3.05) is 5.32 Å². The van der Waals surface area contributed by atoms with Crippen LogP contribution in [0.4, 0.5) is 18.9 Å². The van der Waals surface area contributed by atoms with E-state index in [1.165, 1.54) is 32.2 Å². The van der Waals surface area contributed by atoms with E-state index in [2.05, 4.69) is 15.7 Å². The Morgan fingerprint density at radius 3 is 2.57 bits per heavy atom. The van der Waals surface area contributed by atoms with Gasteiger partial charge in [-0.2, -0.15) is 18.3 Å². The molecule has 0 unspecified atom stereocenters. The molecule has 0 saturated carbocycles. The first-order valence-electron chi connectivity index (χ1n) is 8.51. The van der Waals surface area contributed by atoms with Crippen molar-refractivity contribution < 1.29 is 22.8 Å². The molecule has 2 aromatic rings. The second-order valence-corrected chi connectivity index (χ2v) is 6.62. The van der Waals surface area contributed by atoms with Gasteiger partial charge in [-0.3, -0.25) is 14.3 Å². The van der Waals surface area contributed by atoms with Crippen LogP contribution in [0.25, 0.3) is 0 Å². The first-order valence-corrected chi connectivity index (χ1v) is 8.89. The van der Waals surface area contributed by atoms with Crippen LogP contribution in [-0.4, -0.2) is 21.6 Å². The lowest BCUT2D eigenvalue weighted by Crippen LogP contribution is -2.23. The van der Waals surface area contributed by atoms with Gasteiger partial charge in [0.25, 0.3) is 5.91 Å². The van der Waals surface area contributed by atoms with Crippen molar-refractivity contribution >= 4 is 29.1 Å². The molecule has 0 aliphatic rings. The summed E-state index contributed by atoms with van der Waals surface area (Å²) in [5.74, 6) is -1.09. The van der Waals surface area contributed by atoms with Crippen LogP contribution >= 0.6 is 11.6 Å². The number of hydrogen-bond donors (Lipinski definition) is 2. The van der Waals surface area contributed by atoms with Crippen molar-refractivity contribution in [1.82, 2.24) is 15.1 Å². The summed E-state index contributed by atoms with van der Waals surface area (Å²) in [4.78, 5) is 24.1. The van der Waals surface area contributed by atoms with E-state index in [4.69, 9.17) is 11.6 Å². The van der Waals surface area contributed by atoms with E-state index in [1.54, 1.807) is 0 Å². The third-order valence-electron chi connectivity index (χ3n) is 3.98. The molecule has 2 N–H and O–H groups in total. The standard InChI is InChI=1S/C18H20ClF3N4O2/c1-4-5-14(27)23-9-11-8-12(6-7-13(11)19)24-17(28)16-15(18(20,21)22)10(2)25-26(16)3/h6-8H,4-5,9H2,1-3H3,(H,23,27)(H,24,28). The lowest BCUT2D eigenvalue weighted by Gasteiger charge is -2.12. The average molecular weight is 417 g/mol. The number of aryl methyl sites for hydroxylation is 2. The summed E-state index contributed by atoms with van der Waals surface area (Å²) in [6.07, 6.45) is -3.64. The van der Waals surface area contributed by atoms with Gasteiger partial charge in [0.15, 0.2) is 0 Å². The van der Waals surface area contributed by atoms with Crippen LogP contribution in [-0.2, 0) is 24.6 Å². The second-order valence-electron chi connectivity index (χ2n) is 6.22. The molecule has 1 aromatic carbocycles. The number of halogens is 4. The normalized spacial score (nSPS) is 11.4. The van der Waals surface area contributed by atoms with Gasteiger partial charge in [-0.15, -0.1) is 0 Å². The van der Waals surface area contributed by atoms with Crippen LogP contribution in [0, 0.1) is 6.92 Å². The fourth-order valence-electron chi connectivity index (χ4n) is 2.75. The molecular formula is C18H20ClF3N4O2. The zero-order chi connectivity index (χ0) is 21.1. The summed E-state index contributed by atoms with van der Waals surface area (Å²) in [5, 5.41) is 9.20. The predicted molar refractivity (Wildman–Crippen MR) is 99.1 cm³/mol. The SMILES string of the molecule is CCCC(=O)NCc1cc(NC(=O)c2c(C(F)(F)F)c(C)nn2C)ccc1Cl. The Morgan fingerprint density at radius 1 is 1.29 bits per heavy atom. The van der Waals surface area contributed by atoms with Gasteiger partial charge in [-0.1, -0.05) is 18.5 Å². The highest BCUT2D eigenvalue weighted by atomic mass is 35.5. The van der Waals surface area contributed by atoms with Crippen LogP contribution in [0.2, 0.25) is 5.02 Å². The molecule has 1 aromatic heterocycles. The Bertz CT molecular complexity index is 894. The highest BCUT2D eigenvalue weighted by molar-refractivity contribution is 6.31. The van der Waals surface area contributed by atoms with E-state index in [9.17, 15) is 22.8 Å². The highest BCUT2D eigenvalue weighted by Gasteiger charge is 2.40. The number of anilines is 1. The third-order valence-corrected chi connectivity index (χ3v) is 4.35. The molecule has 0 atom stereocenters. The summed E-state index contributed by atoms with van der Waals surface area (Å²) in [6, 6.07) is 4.47. The van der Waals surface area contributed by atoms with E-state index in [0.717, 1.165) is 4.68 Å². The Morgan fingerprint density at radius 2 is 1.96 bits per heavy atom. The number of hydrogen-bond acceptors (Lipinski definition) is 3. The van der Waals surface area contributed by atoms with Gasteiger partial charge in [-0.05, 0) is 37.1 Å². The number of benzene rings is 1. The largest absolute Gasteiger partial charge is 0.420 e. The number of nitrogens with zero attached hydrogens (tertiary/aromatic N) is 2. The highest BCUT2D eigenvalue weighted by Crippen LogP contribution is 2.34. The smallest absolute Gasteiger partial charge is 0.352 e. The van der Waals surface area contributed by atoms with E-state index in [1.807, 2.05) is 6.92 Å². The van der Waals surface area contributed by atoms with Crippen molar-refractivity contribution in [2.45, 2.75) is 39.4 Å². The number of aromatic nitrogens is 2. The Hall–Kier alpha value is -2.55. The van der Waals surface area contributed by atoms with Crippen LogP contribution in [0.3, 0.4) is 0 Å². The van der Waals surface area contributed by atoms with E-state index in [-0.39, 0.29) is 23.8 Å². The predicted octanol–water partition coefficient (Wildman–Crippen LogP) is 4.07. The molecule has 10 heteroatoms. The summed E-state index contributed by atoms with van der Waals surface area (Å²) < 4.78 is 40.8. The molecule has 0 saturated heterocycles. The zero-order valence-corrected chi connectivity index (χ0v) is 16.3. The number of carbonyl (C=O) groups is 2. The van der Waals surface area contributed by atoms with Gasteiger partial charge in [0.1, 0.15) is 11.3 Å². The number of amides is 2. The summed E-state index contributed by atoms with van der Waals surface area (Å²) >= 11 is 6.10. The number of carbonyl (C=O) groups excluding carboxylic acids is 2. The maximum absolute atomic E-state index is 13.3. The molecule has 0 aliphatic carbocycles. The van der Waals surface area contributed by atoms with E-state index >= 15 is 0 Å². The second kappa shape index (κ2) is 8.64. The van der Waals surface area contributed by atoms with Crippen LogP contribution in [0.1, 0.15) is 47.1 Å². The lowest BCUT2D eigenvalue weighted by atomic mass is 10.1. The quantitative estimate of drug-likeness (QED) is 0.745. The van der Waals surface area contributed by atoms with Crippen molar-refractivity contribution in [1.29, 1.82) is 0 Å². The molecule has 0 spiro atoms. The monoisotopic (exact) mass is 416 g/mol. The molecule has 0 fully saturated rings. The van der Waals surface area contributed by atoms with Gasteiger partial charge in [0.2, 0.25) is 5.91 Å². The van der Waals surface area contributed by atoms with Gasteiger partial charge >= 0.3 is 6.18 Å². The lowest BCUT2D eigenvalue weighted by molar-refractivity contribution is -0.138. The molecule has 1 heterocycles. The first kappa shape index (κ1) is 21.7. The van der Waals surface area contributed by atoms with Crippen molar-refractivity contribution in [2.24, 2.45) is 7.05 Å². The van der Waals surface area contributed by atoms with Crippen LogP contribution < -0.4 is 10.6 Å².